The van der Waals surface area contributed by atoms with Crippen molar-refractivity contribution in [3.05, 3.63) is 24.3 Å². The fourth-order valence-corrected chi connectivity index (χ4v) is 8.60. The maximum atomic E-state index is 13.2. The molecule has 0 aromatic rings. The number of carbonyl (C=O) groups excluding carboxylic acids is 1. The van der Waals surface area contributed by atoms with Gasteiger partial charge in [-0.2, -0.15) is 0 Å². The Morgan fingerprint density at radius 3 is 1.51 bits per heavy atom. The molecule has 9 N–H and O–H groups in total. The van der Waals surface area contributed by atoms with E-state index in [-0.39, 0.29) is 18.9 Å². The molecule has 2 rings (SSSR count). The summed E-state index contributed by atoms with van der Waals surface area (Å²) in [7, 11) is 0. The Kier molecular flexibility index (Phi) is 35.1. The third-order valence-corrected chi connectivity index (χ3v) is 12.9. The molecule has 12 atom stereocenters. The highest BCUT2D eigenvalue weighted by molar-refractivity contribution is 5.76. The Labute approximate surface area is 392 Å². The Morgan fingerprint density at radius 1 is 0.538 bits per heavy atom. The van der Waals surface area contributed by atoms with Crippen LogP contribution in [0.5, 0.6) is 0 Å². The van der Waals surface area contributed by atoms with Gasteiger partial charge in [-0.15, -0.1) is 0 Å². The van der Waals surface area contributed by atoms with Crippen LogP contribution < -0.4 is 5.32 Å². The average Bonchev–Trinajstić information content (AvgIpc) is 3.30. The van der Waals surface area contributed by atoms with Crippen LogP contribution in [0.25, 0.3) is 0 Å². The van der Waals surface area contributed by atoms with Gasteiger partial charge in [-0.1, -0.05) is 186 Å². The molecular formula is C51H95NO13. The average molecular weight is 930 g/mol. The van der Waals surface area contributed by atoms with Gasteiger partial charge in [-0.05, 0) is 32.1 Å². The minimum absolute atomic E-state index is 0.248. The maximum Gasteiger partial charge on any atom is 0.220 e. The van der Waals surface area contributed by atoms with Gasteiger partial charge in [-0.3, -0.25) is 4.79 Å². The Hall–Kier alpha value is -1.53. The summed E-state index contributed by atoms with van der Waals surface area (Å²) >= 11 is 0. The van der Waals surface area contributed by atoms with Crippen LogP contribution >= 0.6 is 0 Å². The van der Waals surface area contributed by atoms with Crippen molar-refractivity contribution in [3.63, 3.8) is 0 Å². The molecule has 0 aromatic heterocycles. The van der Waals surface area contributed by atoms with Crippen LogP contribution in [0.2, 0.25) is 0 Å². The number of carbonyl (C=O) groups is 1. The number of hydrogen-bond acceptors (Lipinski definition) is 13. The van der Waals surface area contributed by atoms with E-state index < -0.39 is 86.8 Å². The number of allylic oxidation sites excluding steroid dienone is 3. The second-order valence-corrected chi connectivity index (χ2v) is 18.6. The zero-order chi connectivity index (χ0) is 47.5. The number of unbranched alkanes of at least 4 members (excludes halogenated alkanes) is 25. The third-order valence-electron chi connectivity index (χ3n) is 12.9. The van der Waals surface area contributed by atoms with Crippen LogP contribution in [-0.2, 0) is 23.7 Å². The fraction of sp³-hybridized carbons (Fsp3) is 0.902. The number of hydrogen-bond donors (Lipinski definition) is 9. The monoisotopic (exact) mass is 930 g/mol. The summed E-state index contributed by atoms with van der Waals surface area (Å²) in [6.45, 7) is 2.76. The maximum absolute atomic E-state index is 13.2. The summed E-state index contributed by atoms with van der Waals surface area (Å²) in [4.78, 5) is 13.2. The van der Waals surface area contributed by atoms with Crippen molar-refractivity contribution >= 4 is 5.91 Å². The van der Waals surface area contributed by atoms with Crippen LogP contribution in [0, 0.1) is 0 Å². The van der Waals surface area contributed by atoms with E-state index in [9.17, 15) is 45.6 Å². The van der Waals surface area contributed by atoms with Gasteiger partial charge in [0.05, 0.1) is 32.0 Å². The van der Waals surface area contributed by atoms with Crippen molar-refractivity contribution in [1.29, 1.82) is 0 Å². The molecule has 2 aliphatic heterocycles. The minimum atomic E-state index is -1.79. The van der Waals surface area contributed by atoms with Crippen molar-refractivity contribution in [2.75, 3.05) is 19.8 Å². The van der Waals surface area contributed by atoms with Gasteiger partial charge in [0.1, 0.15) is 48.8 Å². The highest BCUT2D eigenvalue weighted by Crippen LogP contribution is 2.30. The first kappa shape index (κ1) is 59.6. The van der Waals surface area contributed by atoms with Gasteiger partial charge in [0.15, 0.2) is 12.6 Å². The third kappa shape index (κ3) is 25.6. The van der Waals surface area contributed by atoms with Gasteiger partial charge >= 0.3 is 0 Å². The van der Waals surface area contributed by atoms with Crippen molar-refractivity contribution in [2.24, 2.45) is 0 Å². The van der Waals surface area contributed by atoms with Gasteiger partial charge in [-0.25, -0.2) is 0 Å². The quantitative estimate of drug-likeness (QED) is 0.0225. The number of aliphatic hydroxyl groups is 8. The summed E-state index contributed by atoms with van der Waals surface area (Å²) in [6, 6.07) is -0.925. The van der Waals surface area contributed by atoms with Gasteiger partial charge in [0.2, 0.25) is 5.91 Å². The Morgan fingerprint density at radius 2 is 0.985 bits per heavy atom. The van der Waals surface area contributed by atoms with E-state index in [0.717, 1.165) is 32.1 Å². The molecule has 0 aliphatic carbocycles. The van der Waals surface area contributed by atoms with Crippen LogP contribution in [0.15, 0.2) is 24.3 Å². The largest absolute Gasteiger partial charge is 0.394 e. The van der Waals surface area contributed by atoms with Gasteiger partial charge in [0, 0.05) is 6.42 Å². The molecule has 0 radical (unpaired) electrons. The highest BCUT2D eigenvalue weighted by atomic mass is 16.7. The summed E-state index contributed by atoms with van der Waals surface area (Å²) in [5.74, 6) is -0.248. The van der Waals surface area contributed by atoms with Crippen molar-refractivity contribution < 1.29 is 64.6 Å². The van der Waals surface area contributed by atoms with E-state index in [2.05, 4.69) is 31.3 Å². The van der Waals surface area contributed by atoms with E-state index >= 15 is 0 Å². The number of ether oxygens (including phenoxy) is 4. The predicted octanol–water partition coefficient (Wildman–Crippen LogP) is 6.94. The van der Waals surface area contributed by atoms with E-state index in [4.69, 9.17) is 18.9 Å². The molecule has 0 bridgehead atoms. The van der Waals surface area contributed by atoms with Crippen molar-refractivity contribution in [2.45, 2.75) is 274 Å². The number of rotatable bonds is 40. The van der Waals surface area contributed by atoms with Gasteiger partial charge < -0.3 is 65.1 Å². The summed E-state index contributed by atoms with van der Waals surface area (Å²) in [5, 5.41) is 86.7. The van der Waals surface area contributed by atoms with Crippen LogP contribution in [0.4, 0.5) is 0 Å². The molecule has 14 heteroatoms. The smallest absolute Gasteiger partial charge is 0.220 e. The lowest BCUT2D eigenvalue weighted by Gasteiger charge is -2.46. The predicted molar refractivity (Wildman–Crippen MR) is 254 cm³/mol. The van der Waals surface area contributed by atoms with Crippen LogP contribution in [0.1, 0.15) is 200 Å². The topological polar surface area (TPSA) is 228 Å². The second-order valence-electron chi connectivity index (χ2n) is 18.6. The molecule has 2 fully saturated rings. The first-order valence-corrected chi connectivity index (χ1v) is 26.1. The molecule has 2 saturated heterocycles. The molecule has 1 amide bonds. The molecule has 2 aliphatic rings. The van der Waals surface area contributed by atoms with Gasteiger partial charge in [0.25, 0.3) is 0 Å². The summed E-state index contributed by atoms with van der Waals surface area (Å²) < 4.78 is 22.7. The Bertz CT molecular complexity index is 1190. The molecular weight excluding hydrogens is 835 g/mol. The van der Waals surface area contributed by atoms with E-state index in [1.165, 1.54) is 135 Å². The van der Waals surface area contributed by atoms with Crippen molar-refractivity contribution in [3.8, 4) is 0 Å². The van der Waals surface area contributed by atoms with Crippen LogP contribution in [0.3, 0.4) is 0 Å². The highest BCUT2D eigenvalue weighted by Gasteiger charge is 2.51. The lowest BCUT2D eigenvalue weighted by atomic mass is 9.97. The normalized spacial score (nSPS) is 27.2. The summed E-state index contributed by atoms with van der Waals surface area (Å²) in [6.07, 6.45) is 25.1. The molecule has 382 valence electrons. The second kappa shape index (κ2) is 38.3. The Balaban J connectivity index is 1.82. The molecule has 65 heavy (non-hydrogen) atoms. The standard InChI is InChI=1S/C51H95NO13/c1-3-5-7-9-11-13-15-17-18-19-20-21-22-23-25-27-29-31-33-35-43(56)52-39(40(55)34-32-30-28-26-24-16-14-12-10-8-6-4-2)38-62-50-48(61)46(59)49(42(37-54)64-50)65-51-47(60)45(58)44(57)41(36-53)63-51/h24,26,32,34,39-42,44-51,53-55,57-61H,3-23,25,27-31,33,35-38H2,1-2H3,(H,52,56)/b26-24+,34-32+. The minimum Gasteiger partial charge on any atom is -0.394 e. The zero-order valence-electron chi connectivity index (χ0n) is 40.5. The molecule has 0 spiro atoms. The zero-order valence-corrected chi connectivity index (χ0v) is 40.5. The van der Waals surface area contributed by atoms with Crippen LogP contribution in [-0.4, -0.2) is 140 Å². The molecule has 0 saturated carbocycles. The van der Waals surface area contributed by atoms with E-state index in [1.54, 1.807) is 6.08 Å². The van der Waals surface area contributed by atoms with Crippen molar-refractivity contribution in [1.82, 2.24) is 5.32 Å². The van der Waals surface area contributed by atoms with E-state index in [1.807, 2.05) is 6.08 Å². The molecule has 0 aromatic carbocycles. The molecule has 12 unspecified atom stereocenters. The first-order valence-electron chi connectivity index (χ1n) is 26.1. The van der Waals surface area contributed by atoms with E-state index in [0.29, 0.717) is 12.8 Å². The number of nitrogens with one attached hydrogen (secondary N) is 1. The molecule has 2 heterocycles. The number of amides is 1. The number of aliphatic hydroxyl groups excluding tert-OH is 8. The molecule has 14 nitrogen and oxygen atoms in total. The fourth-order valence-electron chi connectivity index (χ4n) is 8.60. The SMILES string of the molecule is CCCCCCCC/C=C/CC/C=C/C(O)C(COC1OC(CO)C(OC2OC(CO)C(O)C(O)C2O)C(O)C1O)NC(=O)CCCCCCCCCCCCCCCCCCCCC. The lowest BCUT2D eigenvalue weighted by molar-refractivity contribution is -0.359. The first-order chi connectivity index (χ1) is 31.6. The summed E-state index contributed by atoms with van der Waals surface area (Å²) in [5.41, 5.74) is 0. The lowest BCUT2D eigenvalue weighted by Crippen LogP contribution is -2.65.